The summed E-state index contributed by atoms with van der Waals surface area (Å²) in [4.78, 5) is 18.2. The molecule has 1 aromatic rings. The van der Waals surface area contributed by atoms with Crippen molar-refractivity contribution in [2.75, 3.05) is 45.0 Å². The number of nitrogens with zero attached hydrogens (tertiary/aromatic N) is 2. The fraction of sp³-hybridized carbons (Fsp3) is 0.611. The lowest BCUT2D eigenvalue weighted by Crippen LogP contribution is -2.49. The summed E-state index contributed by atoms with van der Waals surface area (Å²) in [5.41, 5.74) is 0. The number of thioether (sulfide) groups is 1. The van der Waals surface area contributed by atoms with Gasteiger partial charge in [-0.25, -0.2) is 4.39 Å². The Bertz CT molecular complexity index is 548. The van der Waals surface area contributed by atoms with Gasteiger partial charge in [-0.1, -0.05) is 6.92 Å². The predicted molar refractivity (Wildman–Crippen MR) is 95.7 cm³/mol. The number of piperazine rings is 1. The molecule has 1 aromatic carbocycles. The van der Waals surface area contributed by atoms with Crippen LogP contribution in [0.4, 0.5) is 4.39 Å². The zero-order valence-electron chi connectivity index (χ0n) is 14.2. The summed E-state index contributed by atoms with van der Waals surface area (Å²) < 4.78 is 12.9. The largest absolute Gasteiger partial charge is 0.341 e. The lowest BCUT2D eigenvalue weighted by molar-refractivity contribution is -0.133. The van der Waals surface area contributed by atoms with Crippen LogP contribution < -0.4 is 5.32 Å². The van der Waals surface area contributed by atoms with Crippen molar-refractivity contribution in [3.63, 3.8) is 0 Å². The minimum atomic E-state index is -0.223. The summed E-state index contributed by atoms with van der Waals surface area (Å²) in [7, 11) is 0. The molecule has 2 fully saturated rings. The second kappa shape index (κ2) is 8.32. The summed E-state index contributed by atoms with van der Waals surface area (Å²) in [6.07, 6.45) is 1.09. The topological polar surface area (TPSA) is 35.6 Å². The van der Waals surface area contributed by atoms with Gasteiger partial charge in [0.2, 0.25) is 5.91 Å². The maximum atomic E-state index is 12.9. The molecule has 2 heterocycles. The van der Waals surface area contributed by atoms with Gasteiger partial charge in [-0.05, 0) is 30.7 Å². The van der Waals surface area contributed by atoms with Crippen LogP contribution in [0, 0.1) is 11.7 Å². The van der Waals surface area contributed by atoms with Crippen molar-refractivity contribution in [2.45, 2.75) is 24.3 Å². The number of nitrogens with one attached hydrogen (secondary N) is 1. The summed E-state index contributed by atoms with van der Waals surface area (Å²) in [6.45, 7) is 8.01. The second-order valence-corrected chi connectivity index (χ2v) is 7.77. The summed E-state index contributed by atoms with van der Waals surface area (Å²) in [6, 6.07) is 7.00. The third kappa shape index (κ3) is 4.49. The van der Waals surface area contributed by atoms with Crippen molar-refractivity contribution in [3.05, 3.63) is 30.1 Å². The van der Waals surface area contributed by atoms with Gasteiger partial charge in [-0.3, -0.25) is 9.69 Å². The van der Waals surface area contributed by atoms with Crippen LogP contribution in [0.5, 0.6) is 0 Å². The molecule has 0 bridgehead atoms. The van der Waals surface area contributed by atoms with Gasteiger partial charge < -0.3 is 10.2 Å². The molecule has 0 saturated carbocycles. The van der Waals surface area contributed by atoms with Crippen LogP contribution in [0.15, 0.2) is 29.2 Å². The minimum Gasteiger partial charge on any atom is -0.341 e. The van der Waals surface area contributed by atoms with Crippen molar-refractivity contribution in [1.29, 1.82) is 0 Å². The van der Waals surface area contributed by atoms with E-state index in [4.69, 9.17) is 0 Å². The predicted octanol–water partition coefficient (Wildman–Crippen LogP) is 2.06. The van der Waals surface area contributed by atoms with Crippen molar-refractivity contribution in [3.8, 4) is 0 Å². The van der Waals surface area contributed by atoms with Crippen LogP contribution in [0.2, 0.25) is 0 Å². The van der Waals surface area contributed by atoms with Crippen molar-refractivity contribution in [1.82, 2.24) is 15.1 Å². The zero-order valence-corrected chi connectivity index (χ0v) is 15.0. The smallest absolute Gasteiger partial charge is 0.226 e. The number of likely N-dealkylation sites (tertiary alicyclic amines) is 1. The van der Waals surface area contributed by atoms with Crippen LogP contribution in [0.3, 0.4) is 0 Å². The Morgan fingerprint density at radius 1 is 1.29 bits per heavy atom. The number of rotatable bonds is 5. The number of amides is 1. The fourth-order valence-corrected chi connectivity index (χ4v) is 4.34. The normalized spacial score (nSPS) is 23.4. The number of halogens is 1. The monoisotopic (exact) mass is 351 g/mol. The van der Waals surface area contributed by atoms with Gasteiger partial charge in [0, 0.05) is 61.9 Å². The van der Waals surface area contributed by atoms with Crippen molar-refractivity contribution in [2.24, 2.45) is 5.92 Å². The lowest BCUT2D eigenvalue weighted by atomic mass is 10.2. The second-order valence-electron chi connectivity index (χ2n) is 6.68. The van der Waals surface area contributed by atoms with Gasteiger partial charge in [0.1, 0.15) is 5.82 Å². The van der Waals surface area contributed by atoms with E-state index < -0.39 is 0 Å². The molecule has 0 radical (unpaired) electrons. The molecule has 2 atom stereocenters. The van der Waals surface area contributed by atoms with Crippen molar-refractivity contribution >= 4 is 17.7 Å². The van der Waals surface area contributed by atoms with Gasteiger partial charge in [0.15, 0.2) is 0 Å². The maximum Gasteiger partial charge on any atom is 0.226 e. The highest BCUT2D eigenvalue weighted by molar-refractivity contribution is 7.99. The molecule has 2 unspecified atom stereocenters. The molecule has 2 aliphatic rings. The zero-order chi connectivity index (χ0) is 16.9. The summed E-state index contributed by atoms with van der Waals surface area (Å²) in [5.74, 6) is 0.753. The van der Waals surface area contributed by atoms with Crippen molar-refractivity contribution < 1.29 is 9.18 Å². The molecule has 1 amide bonds. The average Bonchev–Trinajstić information content (AvgIpc) is 3.11. The maximum absolute atomic E-state index is 12.9. The first-order valence-electron chi connectivity index (χ1n) is 8.75. The lowest BCUT2D eigenvalue weighted by Gasteiger charge is -2.32. The highest BCUT2D eigenvalue weighted by Gasteiger charge is 2.32. The van der Waals surface area contributed by atoms with Gasteiger partial charge in [0.25, 0.3) is 0 Å². The highest BCUT2D eigenvalue weighted by Crippen LogP contribution is 2.24. The third-order valence-corrected chi connectivity index (χ3v) is 6.15. The molecule has 4 nitrogen and oxygen atoms in total. The van der Waals surface area contributed by atoms with Crippen LogP contribution in [0.1, 0.15) is 13.3 Å². The molecule has 0 aliphatic carbocycles. The van der Waals surface area contributed by atoms with E-state index in [1.165, 1.54) is 12.1 Å². The number of carbonyl (C=O) groups excluding carboxylic acids is 1. The first kappa shape index (κ1) is 17.7. The van der Waals surface area contributed by atoms with E-state index in [0.717, 1.165) is 56.3 Å². The molecule has 3 rings (SSSR count). The van der Waals surface area contributed by atoms with Crippen LogP contribution >= 0.6 is 11.8 Å². The molecular formula is C18H26FN3OS. The molecule has 132 valence electrons. The fourth-order valence-electron chi connectivity index (χ4n) is 3.42. The van der Waals surface area contributed by atoms with Gasteiger partial charge in [0.05, 0.1) is 0 Å². The molecule has 2 saturated heterocycles. The quantitative estimate of drug-likeness (QED) is 0.824. The molecule has 1 N–H and O–H groups in total. The van der Waals surface area contributed by atoms with E-state index in [9.17, 15) is 9.18 Å². The Balaban J connectivity index is 1.46. The van der Waals surface area contributed by atoms with Gasteiger partial charge in [-0.2, -0.15) is 0 Å². The first-order valence-corrected chi connectivity index (χ1v) is 9.74. The van der Waals surface area contributed by atoms with Crippen LogP contribution in [-0.2, 0) is 4.79 Å². The molecule has 24 heavy (non-hydrogen) atoms. The minimum absolute atomic E-state index is 0.0122. The molecular weight excluding hydrogens is 325 g/mol. The molecule has 0 spiro atoms. The standard InChI is InChI=1S/C18H26FN3OS/c1-14(13-24-17-4-2-15(19)3-5-17)18(23)22-9-6-16(12-22)21-10-7-20-8-11-21/h2-5,14,16,20H,6-13H2,1H3. The number of hydrogen-bond acceptors (Lipinski definition) is 4. The van der Waals surface area contributed by atoms with Gasteiger partial charge in [-0.15, -0.1) is 11.8 Å². The molecule has 0 aromatic heterocycles. The van der Waals surface area contributed by atoms with E-state index >= 15 is 0 Å². The van der Waals surface area contributed by atoms with E-state index in [1.807, 2.05) is 11.8 Å². The number of benzene rings is 1. The average molecular weight is 351 g/mol. The Morgan fingerprint density at radius 2 is 2.00 bits per heavy atom. The first-order chi connectivity index (χ1) is 11.6. The number of carbonyl (C=O) groups is 1. The Labute approximate surface area is 147 Å². The van der Waals surface area contributed by atoms with E-state index in [1.54, 1.807) is 23.9 Å². The molecule has 6 heteroatoms. The third-order valence-electron chi connectivity index (χ3n) is 4.88. The Hall–Kier alpha value is -1.11. The Morgan fingerprint density at radius 3 is 2.71 bits per heavy atom. The van der Waals surface area contributed by atoms with E-state index in [-0.39, 0.29) is 17.6 Å². The SMILES string of the molecule is CC(CSc1ccc(F)cc1)C(=O)N1CCC(N2CCNCC2)C1. The number of hydrogen-bond donors (Lipinski definition) is 1. The molecule has 2 aliphatic heterocycles. The van der Waals surface area contributed by atoms with E-state index in [0.29, 0.717) is 6.04 Å². The van der Waals surface area contributed by atoms with Crippen LogP contribution in [0.25, 0.3) is 0 Å². The summed E-state index contributed by atoms with van der Waals surface area (Å²) in [5, 5.41) is 3.38. The van der Waals surface area contributed by atoms with Gasteiger partial charge >= 0.3 is 0 Å². The summed E-state index contributed by atoms with van der Waals surface area (Å²) >= 11 is 1.62. The van der Waals surface area contributed by atoms with Crippen LogP contribution in [-0.4, -0.2) is 66.8 Å². The van der Waals surface area contributed by atoms with E-state index in [2.05, 4.69) is 10.2 Å². The highest BCUT2D eigenvalue weighted by atomic mass is 32.2. The Kier molecular flexibility index (Phi) is 6.14.